The molecule has 0 bridgehead atoms. The van der Waals surface area contributed by atoms with Gasteiger partial charge in [0, 0.05) is 16.8 Å². The van der Waals surface area contributed by atoms with Gasteiger partial charge in [0.25, 0.3) is 0 Å². The molecule has 0 aliphatic carbocycles. The molecule has 3 aromatic carbocycles. The van der Waals surface area contributed by atoms with Crippen LogP contribution in [0.25, 0.3) is 39.0 Å². The monoisotopic (exact) mass is 673 g/mol. The van der Waals surface area contributed by atoms with E-state index >= 15 is 0 Å². The second kappa shape index (κ2) is 11.0. The largest absolute Gasteiger partial charge is 0.477 e. The predicted molar refractivity (Wildman–Crippen MR) is 133 cm³/mol. The SMILES string of the molecule is Fc1c(F)c(F)c(-c2cc(OCCC(F)(F)C(F)(F)C(F)(F)C(F)(F)F)nc(-n3c4ccccc4c4ccccc43)n2)c(F)c1F. The number of para-hydroxylation sites is 2. The number of alkyl halides is 9. The normalized spacial score (nSPS) is 13.2. The molecule has 0 unspecified atom stereocenters. The maximum absolute atomic E-state index is 14.8. The van der Waals surface area contributed by atoms with Crippen molar-refractivity contribution in [1.82, 2.24) is 14.5 Å². The summed E-state index contributed by atoms with van der Waals surface area (Å²) in [4.78, 5) is 7.73. The van der Waals surface area contributed by atoms with Gasteiger partial charge in [-0.15, -0.1) is 0 Å². The van der Waals surface area contributed by atoms with Gasteiger partial charge in [0.15, 0.2) is 23.3 Å². The van der Waals surface area contributed by atoms with E-state index in [1.807, 2.05) is 0 Å². The van der Waals surface area contributed by atoms with Crippen LogP contribution in [0.5, 0.6) is 5.88 Å². The van der Waals surface area contributed by atoms with E-state index in [-0.39, 0.29) is 11.0 Å². The molecule has 0 spiro atoms. The van der Waals surface area contributed by atoms with Gasteiger partial charge in [-0.25, -0.2) is 26.9 Å². The Kier molecular flexibility index (Phi) is 7.84. The van der Waals surface area contributed by atoms with Crippen molar-refractivity contribution in [2.75, 3.05) is 6.61 Å². The third-order valence-corrected chi connectivity index (χ3v) is 6.81. The van der Waals surface area contributed by atoms with Gasteiger partial charge >= 0.3 is 23.9 Å². The Morgan fingerprint density at radius 2 is 1.09 bits per heavy atom. The molecular formula is C28H13F14N3O. The van der Waals surface area contributed by atoms with E-state index in [4.69, 9.17) is 4.74 Å². The lowest BCUT2D eigenvalue weighted by Crippen LogP contribution is -2.61. The van der Waals surface area contributed by atoms with Crippen molar-refractivity contribution < 1.29 is 66.2 Å². The Hall–Kier alpha value is -4.64. The summed E-state index contributed by atoms with van der Waals surface area (Å²) in [7, 11) is 0. The van der Waals surface area contributed by atoms with Crippen LogP contribution in [-0.2, 0) is 0 Å². The molecule has 5 aromatic rings. The molecule has 2 aromatic heterocycles. The lowest BCUT2D eigenvalue weighted by Gasteiger charge is -2.33. The number of ether oxygens (including phenoxy) is 1. The molecular weight excluding hydrogens is 660 g/mol. The minimum atomic E-state index is -7.17. The molecule has 4 nitrogen and oxygen atoms in total. The van der Waals surface area contributed by atoms with Crippen LogP contribution >= 0.6 is 0 Å². The highest BCUT2D eigenvalue weighted by molar-refractivity contribution is 6.08. The average molecular weight is 673 g/mol. The second-order valence-electron chi connectivity index (χ2n) is 9.66. The number of rotatable bonds is 8. The van der Waals surface area contributed by atoms with Gasteiger partial charge in [-0.05, 0) is 12.1 Å². The van der Waals surface area contributed by atoms with Crippen molar-refractivity contribution in [3.63, 3.8) is 0 Å². The zero-order chi connectivity index (χ0) is 34.0. The molecule has 0 fully saturated rings. The third-order valence-electron chi connectivity index (χ3n) is 6.81. The van der Waals surface area contributed by atoms with Gasteiger partial charge in [0.2, 0.25) is 17.6 Å². The quantitative estimate of drug-likeness (QED) is 0.0938. The number of aromatic nitrogens is 3. The first-order chi connectivity index (χ1) is 21.3. The summed E-state index contributed by atoms with van der Waals surface area (Å²) in [5, 5.41) is 1.05. The fourth-order valence-electron chi connectivity index (χ4n) is 4.53. The molecule has 0 saturated heterocycles. The Morgan fingerprint density at radius 3 is 1.59 bits per heavy atom. The smallest absolute Gasteiger partial charge is 0.460 e. The van der Waals surface area contributed by atoms with E-state index in [2.05, 4.69) is 9.97 Å². The number of halogens is 14. The van der Waals surface area contributed by atoms with Crippen LogP contribution in [0.3, 0.4) is 0 Å². The molecule has 46 heavy (non-hydrogen) atoms. The van der Waals surface area contributed by atoms with Crippen LogP contribution < -0.4 is 4.74 Å². The summed E-state index contributed by atoms with van der Waals surface area (Å²) in [5.74, 6) is -34.0. The molecule has 2 heterocycles. The van der Waals surface area contributed by atoms with Gasteiger partial charge < -0.3 is 4.74 Å². The summed E-state index contributed by atoms with van der Waals surface area (Å²) in [6.45, 7) is -1.75. The van der Waals surface area contributed by atoms with Crippen molar-refractivity contribution in [3.05, 3.63) is 83.7 Å². The van der Waals surface area contributed by atoms with Gasteiger partial charge in [-0.2, -0.15) is 44.5 Å². The molecule has 0 aliphatic rings. The number of hydrogen-bond acceptors (Lipinski definition) is 3. The minimum Gasteiger partial charge on any atom is -0.477 e. The Morgan fingerprint density at radius 1 is 0.609 bits per heavy atom. The van der Waals surface area contributed by atoms with Crippen molar-refractivity contribution in [2.24, 2.45) is 0 Å². The van der Waals surface area contributed by atoms with Crippen LogP contribution in [0.2, 0.25) is 0 Å². The van der Waals surface area contributed by atoms with Crippen molar-refractivity contribution in [1.29, 1.82) is 0 Å². The summed E-state index contributed by atoms with van der Waals surface area (Å²) in [5.41, 5.74) is -2.18. The number of fused-ring (bicyclic) bond motifs is 3. The first kappa shape index (κ1) is 32.7. The topological polar surface area (TPSA) is 39.9 Å². The highest BCUT2D eigenvalue weighted by Gasteiger charge is 2.81. The molecule has 0 aliphatic heterocycles. The van der Waals surface area contributed by atoms with Crippen LogP contribution in [0.1, 0.15) is 6.42 Å². The minimum absolute atomic E-state index is 0.282. The summed E-state index contributed by atoms with van der Waals surface area (Å²) in [6.07, 6.45) is -9.54. The van der Waals surface area contributed by atoms with Crippen molar-refractivity contribution >= 4 is 21.8 Å². The third kappa shape index (κ3) is 5.02. The zero-order valence-electron chi connectivity index (χ0n) is 22.2. The van der Waals surface area contributed by atoms with E-state index in [0.29, 0.717) is 16.8 Å². The Bertz CT molecular complexity index is 1890. The van der Waals surface area contributed by atoms with Gasteiger partial charge in [0.1, 0.15) is 0 Å². The van der Waals surface area contributed by atoms with E-state index in [9.17, 15) is 61.5 Å². The molecule has 0 radical (unpaired) electrons. The Labute approximate surface area is 246 Å². The van der Waals surface area contributed by atoms with E-state index < -0.39 is 89.1 Å². The highest BCUT2D eigenvalue weighted by atomic mass is 19.4. The van der Waals surface area contributed by atoms with E-state index in [1.54, 1.807) is 24.3 Å². The molecule has 0 saturated carbocycles. The lowest BCUT2D eigenvalue weighted by atomic mass is 10.0. The van der Waals surface area contributed by atoms with Crippen LogP contribution in [0.4, 0.5) is 61.5 Å². The number of benzene rings is 3. The average Bonchev–Trinajstić information content (AvgIpc) is 3.33. The first-order valence-corrected chi connectivity index (χ1v) is 12.5. The Balaban J connectivity index is 1.64. The maximum Gasteiger partial charge on any atom is 0.460 e. The summed E-state index contributed by atoms with van der Waals surface area (Å²) >= 11 is 0. The van der Waals surface area contributed by atoms with Crippen LogP contribution in [0.15, 0.2) is 54.6 Å². The molecule has 5 rings (SSSR count). The molecule has 244 valence electrons. The lowest BCUT2D eigenvalue weighted by molar-refractivity contribution is -0.397. The summed E-state index contributed by atoms with van der Waals surface area (Å²) in [6, 6.07) is 12.9. The van der Waals surface area contributed by atoms with Crippen LogP contribution in [-0.4, -0.2) is 45.1 Å². The first-order valence-electron chi connectivity index (χ1n) is 12.5. The van der Waals surface area contributed by atoms with Gasteiger partial charge in [-0.3, -0.25) is 4.57 Å². The number of nitrogens with zero attached hydrogens (tertiary/aromatic N) is 3. The molecule has 0 atom stereocenters. The highest BCUT2D eigenvalue weighted by Crippen LogP contribution is 2.54. The van der Waals surface area contributed by atoms with E-state index in [0.717, 1.165) is 0 Å². The fraction of sp³-hybridized carbons (Fsp3) is 0.214. The summed E-state index contributed by atoms with van der Waals surface area (Å²) < 4.78 is 197. The van der Waals surface area contributed by atoms with Gasteiger partial charge in [0.05, 0.1) is 35.3 Å². The van der Waals surface area contributed by atoms with Crippen molar-refractivity contribution in [2.45, 2.75) is 30.4 Å². The van der Waals surface area contributed by atoms with Gasteiger partial charge in [-0.1, -0.05) is 36.4 Å². The molecule has 0 N–H and O–H groups in total. The molecule has 0 amide bonds. The fourth-order valence-corrected chi connectivity index (χ4v) is 4.53. The molecule has 18 heteroatoms. The van der Waals surface area contributed by atoms with E-state index in [1.165, 1.54) is 28.8 Å². The zero-order valence-corrected chi connectivity index (χ0v) is 22.2. The standard InChI is InChI=1S/C28H13F14N3O/c29-19-18(20(30)22(32)23(33)21(19)31)14-11-17(46-10-9-25(34,35)26(36,37)27(38,39)28(40,41)42)44-24(43-14)45-15-7-3-1-5-12(15)13-6-2-4-8-16(13)45/h1-8,11H,9-10H2. The van der Waals surface area contributed by atoms with Crippen molar-refractivity contribution in [3.8, 4) is 23.1 Å². The maximum atomic E-state index is 14.8. The predicted octanol–water partition coefficient (Wildman–Crippen LogP) is 9.17. The number of hydrogen-bond donors (Lipinski definition) is 0. The van der Waals surface area contributed by atoms with Crippen LogP contribution in [0, 0.1) is 29.1 Å². The second-order valence-corrected chi connectivity index (χ2v) is 9.66.